The highest BCUT2D eigenvalue weighted by atomic mass is 32.2. The van der Waals surface area contributed by atoms with E-state index in [1.165, 1.54) is 23.3 Å². The normalized spacial score (nSPS) is 18.4. The number of thioether (sulfide) groups is 1. The van der Waals surface area contributed by atoms with Gasteiger partial charge in [0, 0.05) is 43.0 Å². The minimum Gasteiger partial charge on any atom is -0.339 e. The summed E-state index contributed by atoms with van der Waals surface area (Å²) >= 11 is 1.79. The summed E-state index contributed by atoms with van der Waals surface area (Å²) in [5.41, 5.74) is 1.35. The van der Waals surface area contributed by atoms with E-state index in [4.69, 9.17) is 0 Å². The lowest BCUT2D eigenvalue weighted by Crippen LogP contribution is -2.46. The molecule has 1 saturated heterocycles. The fourth-order valence-electron chi connectivity index (χ4n) is 2.82. The predicted molar refractivity (Wildman–Crippen MR) is 92.3 cm³/mol. The lowest BCUT2D eigenvalue weighted by atomic mass is 10.1. The largest absolute Gasteiger partial charge is 0.339 e. The second kappa shape index (κ2) is 7.61. The van der Waals surface area contributed by atoms with Gasteiger partial charge in [0.05, 0.1) is 0 Å². The van der Waals surface area contributed by atoms with Gasteiger partial charge in [0.15, 0.2) is 0 Å². The van der Waals surface area contributed by atoms with Crippen molar-refractivity contribution in [1.82, 2.24) is 15.3 Å². The number of nitrogens with zero attached hydrogens (tertiary/aromatic N) is 3. The number of anilines is 1. The lowest BCUT2D eigenvalue weighted by Gasteiger charge is -2.33. The molecule has 0 aliphatic carbocycles. The van der Waals surface area contributed by atoms with Gasteiger partial charge in [-0.25, -0.2) is 9.97 Å². The Kier molecular flexibility index (Phi) is 5.29. The van der Waals surface area contributed by atoms with Crippen molar-refractivity contribution in [2.24, 2.45) is 0 Å². The molecule has 1 aromatic carbocycles. The number of hydrogen-bond acceptors (Lipinski definition) is 5. The fraction of sp³-hybridized carbons (Fsp3) is 0.412. The first-order valence-electron chi connectivity index (χ1n) is 7.73. The van der Waals surface area contributed by atoms with Gasteiger partial charge in [0.1, 0.15) is 0 Å². The van der Waals surface area contributed by atoms with Crippen molar-refractivity contribution in [2.45, 2.75) is 30.3 Å². The molecule has 0 amide bonds. The van der Waals surface area contributed by atoms with Crippen LogP contribution < -0.4 is 10.2 Å². The van der Waals surface area contributed by atoms with Gasteiger partial charge in [0.25, 0.3) is 0 Å². The Morgan fingerprint density at radius 2 is 2.14 bits per heavy atom. The zero-order chi connectivity index (χ0) is 15.2. The Bertz CT molecular complexity index is 590. The Morgan fingerprint density at radius 1 is 1.27 bits per heavy atom. The van der Waals surface area contributed by atoms with Crippen LogP contribution in [0.4, 0.5) is 5.95 Å². The third-order valence-corrected chi connectivity index (χ3v) is 4.71. The van der Waals surface area contributed by atoms with Gasteiger partial charge in [-0.05, 0) is 42.9 Å². The molecule has 0 bridgehead atoms. The number of rotatable bonds is 5. The molecule has 4 nitrogen and oxygen atoms in total. The van der Waals surface area contributed by atoms with Crippen LogP contribution in [0.3, 0.4) is 0 Å². The molecule has 1 aliphatic rings. The summed E-state index contributed by atoms with van der Waals surface area (Å²) in [6, 6.07) is 11.1. The topological polar surface area (TPSA) is 41.0 Å². The summed E-state index contributed by atoms with van der Waals surface area (Å²) in [4.78, 5) is 12.3. The minimum atomic E-state index is 0.496. The molecule has 0 radical (unpaired) electrons. The molecular weight excluding hydrogens is 292 g/mol. The highest BCUT2D eigenvalue weighted by molar-refractivity contribution is 7.98. The first kappa shape index (κ1) is 15.3. The average molecular weight is 314 g/mol. The molecule has 1 N–H and O–H groups in total. The Hall–Kier alpha value is -1.59. The quantitative estimate of drug-likeness (QED) is 0.859. The molecule has 5 heteroatoms. The van der Waals surface area contributed by atoms with Crippen LogP contribution in [0.2, 0.25) is 0 Å². The van der Waals surface area contributed by atoms with Gasteiger partial charge in [-0.3, -0.25) is 0 Å². The second-order valence-corrected chi connectivity index (χ2v) is 6.45. The summed E-state index contributed by atoms with van der Waals surface area (Å²) in [6.45, 7) is 2.94. The molecule has 22 heavy (non-hydrogen) atoms. The summed E-state index contributed by atoms with van der Waals surface area (Å²) in [6.07, 6.45) is 8.14. The van der Waals surface area contributed by atoms with Crippen LogP contribution in [0.5, 0.6) is 0 Å². The summed E-state index contributed by atoms with van der Waals surface area (Å²) in [7, 11) is 0. The van der Waals surface area contributed by atoms with Gasteiger partial charge in [0.2, 0.25) is 5.95 Å². The van der Waals surface area contributed by atoms with Gasteiger partial charge in [-0.2, -0.15) is 0 Å². The molecule has 1 fully saturated rings. The summed E-state index contributed by atoms with van der Waals surface area (Å²) in [5, 5.41) is 3.68. The van der Waals surface area contributed by atoms with E-state index in [9.17, 15) is 0 Å². The van der Waals surface area contributed by atoms with Crippen molar-refractivity contribution in [3.05, 3.63) is 48.3 Å². The van der Waals surface area contributed by atoms with Gasteiger partial charge >= 0.3 is 0 Å². The molecule has 2 aromatic rings. The first-order valence-corrected chi connectivity index (χ1v) is 8.96. The maximum Gasteiger partial charge on any atom is 0.225 e. The average Bonchev–Trinajstić information content (AvgIpc) is 2.61. The van der Waals surface area contributed by atoms with Crippen molar-refractivity contribution in [2.75, 3.05) is 24.2 Å². The summed E-state index contributed by atoms with van der Waals surface area (Å²) in [5.74, 6) is 0.846. The number of aromatic nitrogens is 2. The van der Waals surface area contributed by atoms with Crippen LogP contribution in [0.25, 0.3) is 0 Å². The molecule has 1 atom stereocenters. The van der Waals surface area contributed by atoms with Crippen LogP contribution in [0.1, 0.15) is 18.4 Å². The van der Waals surface area contributed by atoms with Crippen molar-refractivity contribution in [3.63, 3.8) is 0 Å². The van der Waals surface area contributed by atoms with E-state index >= 15 is 0 Å². The van der Waals surface area contributed by atoms with E-state index in [1.807, 2.05) is 18.5 Å². The van der Waals surface area contributed by atoms with Crippen molar-refractivity contribution >= 4 is 17.7 Å². The third-order valence-electron chi connectivity index (χ3n) is 3.99. The lowest BCUT2D eigenvalue weighted by molar-refractivity contribution is 0.418. The first-order chi connectivity index (χ1) is 10.8. The number of piperidine rings is 1. The molecule has 116 valence electrons. The molecule has 1 aromatic heterocycles. The van der Waals surface area contributed by atoms with Crippen LogP contribution in [-0.4, -0.2) is 35.4 Å². The fourth-order valence-corrected chi connectivity index (χ4v) is 3.31. The van der Waals surface area contributed by atoms with Gasteiger partial charge in [-0.15, -0.1) is 11.8 Å². The Morgan fingerprint density at radius 3 is 2.95 bits per heavy atom. The molecule has 1 unspecified atom stereocenters. The monoisotopic (exact) mass is 314 g/mol. The zero-order valence-electron chi connectivity index (χ0n) is 12.9. The molecule has 1 aliphatic heterocycles. The second-order valence-electron chi connectivity index (χ2n) is 5.57. The molecule has 0 saturated carbocycles. The third kappa shape index (κ3) is 3.99. The smallest absolute Gasteiger partial charge is 0.225 e. The van der Waals surface area contributed by atoms with E-state index in [1.54, 1.807) is 11.8 Å². The van der Waals surface area contributed by atoms with E-state index in [0.29, 0.717) is 6.04 Å². The van der Waals surface area contributed by atoms with E-state index in [0.717, 1.165) is 25.6 Å². The number of nitrogens with one attached hydrogen (secondary N) is 1. The SMILES string of the molecule is CSc1cccc(CNC2CCCN(c3ncccn3)C2)c1. The molecule has 3 rings (SSSR count). The van der Waals surface area contributed by atoms with Crippen LogP contribution in [-0.2, 0) is 6.54 Å². The number of hydrogen-bond donors (Lipinski definition) is 1. The standard InChI is InChI=1S/C17H22N4S/c1-22-16-7-2-5-14(11-16)12-20-15-6-3-10-21(13-15)17-18-8-4-9-19-17/h2,4-5,7-9,11,15,20H,3,6,10,12-13H2,1H3. The van der Waals surface area contributed by atoms with Crippen LogP contribution in [0.15, 0.2) is 47.6 Å². The Balaban J connectivity index is 1.56. The number of benzene rings is 1. The summed E-state index contributed by atoms with van der Waals surface area (Å²) < 4.78 is 0. The predicted octanol–water partition coefficient (Wildman–Crippen LogP) is 2.96. The maximum absolute atomic E-state index is 4.36. The highest BCUT2D eigenvalue weighted by Crippen LogP contribution is 2.18. The molecule has 2 heterocycles. The highest BCUT2D eigenvalue weighted by Gasteiger charge is 2.21. The van der Waals surface area contributed by atoms with Crippen LogP contribution >= 0.6 is 11.8 Å². The van der Waals surface area contributed by atoms with Crippen molar-refractivity contribution in [3.8, 4) is 0 Å². The molecule has 0 spiro atoms. The van der Waals surface area contributed by atoms with Crippen molar-refractivity contribution in [1.29, 1.82) is 0 Å². The maximum atomic E-state index is 4.36. The van der Waals surface area contributed by atoms with E-state index < -0.39 is 0 Å². The van der Waals surface area contributed by atoms with E-state index in [-0.39, 0.29) is 0 Å². The molecular formula is C17H22N4S. The van der Waals surface area contributed by atoms with E-state index in [2.05, 4.69) is 50.7 Å². The van der Waals surface area contributed by atoms with Gasteiger partial charge in [-0.1, -0.05) is 12.1 Å². The zero-order valence-corrected chi connectivity index (χ0v) is 13.7. The van der Waals surface area contributed by atoms with Crippen LogP contribution in [0, 0.1) is 0 Å². The van der Waals surface area contributed by atoms with Gasteiger partial charge < -0.3 is 10.2 Å². The van der Waals surface area contributed by atoms with Crippen molar-refractivity contribution < 1.29 is 0 Å². The Labute approximate surface area is 136 Å². The minimum absolute atomic E-state index is 0.496.